The standard InChI is InChI=1S/C14H20N4O/c1-10(7-8-19-3)15-13-6-4-5-12(9-13)14-16-11(2)17-18-14/h4-6,9-10,15H,7-8H2,1-3H3,(H,16,17,18). The fourth-order valence-electron chi connectivity index (χ4n) is 1.87. The maximum atomic E-state index is 5.08. The smallest absolute Gasteiger partial charge is 0.181 e. The molecule has 0 fully saturated rings. The van der Waals surface area contributed by atoms with Crippen molar-refractivity contribution in [2.75, 3.05) is 19.0 Å². The molecule has 5 heteroatoms. The van der Waals surface area contributed by atoms with Gasteiger partial charge < -0.3 is 10.1 Å². The van der Waals surface area contributed by atoms with Gasteiger partial charge in [-0.25, -0.2) is 4.98 Å². The van der Waals surface area contributed by atoms with Gasteiger partial charge in [-0.1, -0.05) is 12.1 Å². The summed E-state index contributed by atoms with van der Waals surface area (Å²) in [6.45, 7) is 4.79. The molecule has 102 valence electrons. The summed E-state index contributed by atoms with van der Waals surface area (Å²) in [6.07, 6.45) is 0.973. The first kappa shape index (κ1) is 13.5. The molecule has 2 rings (SSSR count). The van der Waals surface area contributed by atoms with Crippen molar-refractivity contribution in [3.8, 4) is 11.4 Å². The van der Waals surface area contributed by atoms with Gasteiger partial charge >= 0.3 is 0 Å². The van der Waals surface area contributed by atoms with Crippen molar-refractivity contribution in [1.29, 1.82) is 0 Å². The summed E-state index contributed by atoms with van der Waals surface area (Å²) in [5, 5.41) is 10.5. The molecule has 2 N–H and O–H groups in total. The number of rotatable bonds is 6. The summed E-state index contributed by atoms with van der Waals surface area (Å²) in [7, 11) is 1.72. The van der Waals surface area contributed by atoms with E-state index in [4.69, 9.17) is 4.74 Å². The molecule has 5 nitrogen and oxygen atoms in total. The predicted octanol–water partition coefficient (Wildman–Crippen LogP) is 2.62. The molecule has 0 radical (unpaired) electrons. The maximum absolute atomic E-state index is 5.08. The highest BCUT2D eigenvalue weighted by Crippen LogP contribution is 2.20. The molecule has 0 saturated heterocycles. The van der Waals surface area contributed by atoms with Crippen molar-refractivity contribution >= 4 is 5.69 Å². The zero-order chi connectivity index (χ0) is 13.7. The zero-order valence-electron chi connectivity index (χ0n) is 11.6. The highest BCUT2D eigenvalue weighted by Gasteiger charge is 2.06. The Morgan fingerprint density at radius 2 is 2.26 bits per heavy atom. The Bertz CT molecular complexity index is 524. The van der Waals surface area contributed by atoms with E-state index >= 15 is 0 Å². The highest BCUT2D eigenvalue weighted by molar-refractivity contribution is 5.62. The van der Waals surface area contributed by atoms with Gasteiger partial charge in [0.05, 0.1) is 0 Å². The molecule has 1 atom stereocenters. The SMILES string of the molecule is COCCC(C)Nc1cccc(-c2n[nH]c(C)n2)c1. The Labute approximate surface area is 113 Å². The lowest BCUT2D eigenvalue weighted by molar-refractivity contribution is 0.191. The maximum Gasteiger partial charge on any atom is 0.181 e. The number of H-pyrrole nitrogens is 1. The van der Waals surface area contributed by atoms with E-state index < -0.39 is 0 Å². The van der Waals surface area contributed by atoms with Gasteiger partial charge in [0.1, 0.15) is 5.82 Å². The van der Waals surface area contributed by atoms with E-state index in [-0.39, 0.29) is 0 Å². The van der Waals surface area contributed by atoms with Crippen LogP contribution in [0, 0.1) is 6.92 Å². The lowest BCUT2D eigenvalue weighted by Crippen LogP contribution is -2.17. The first-order valence-corrected chi connectivity index (χ1v) is 6.44. The number of anilines is 1. The molecule has 0 amide bonds. The van der Waals surface area contributed by atoms with Gasteiger partial charge in [-0.05, 0) is 32.4 Å². The van der Waals surface area contributed by atoms with Crippen molar-refractivity contribution in [2.45, 2.75) is 26.3 Å². The van der Waals surface area contributed by atoms with Gasteiger partial charge in [-0.15, -0.1) is 0 Å². The fourth-order valence-corrected chi connectivity index (χ4v) is 1.87. The van der Waals surface area contributed by atoms with Crippen molar-refractivity contribution < 1.29 is 4.74 Å². The van der Waals surface area contributed by atoms with Crippen LogP contribution >= 0.6 is 0 Å². The molecule has 0 spiro atoms. The molecule has 0 saturated carbocycles. The van der Waals surface area contributed by atoms with E-state index in [9.17, 15) is 0 Å². The number of benzene rings is 1. The normalized spacial score (nSPS) is 12.4. The number of aryl methyl sites for hydroxylation is 1. The minimum atomic E-state index is 0.365. The largest absolute Gasteiger partial charge is 0.385 e. The van der Waals surface area contributed by atoms with Crippen molar-refractivity contribution in [3.05, 3.63) is 30.1 Å². The summed E-state index contributed by atoms with van der Waals surface area (Å²) in [5.41, 5.74) is 2.08. The first-order valence-electron chi connectivity index (χ1n) is 6.44. The van der Waals surface area contributed by atoms with Crippen LogP contribution in [0.2, 0.25) is 0 Å². The minimum absolute atomic E-state index is 0.365. The van der Waals surface area contributed by atoms with Crippen molar-refractivity contribution in [3.63, 3.8) is 0 Å². The van der Waals surface area contributed by atoms with Crippen LogP contribution in [0.25, 0.3) is 11.4 Å². The average molecular weight is 260 g/mol. The number of methoxy groups -OCH3 is 1. The van der Waals surface area contributed by atoms with Crippen LogP contribution in [0.1, 0.15) is 19.2 Å². The van der Waals surface area contributed by atoms with Crippen LogP contribution < -0.4 is 5.32 Å². The molecule has 0 aliphatic heterocycles. The number of nitrogens with zero attached hydrogens (tertiary/aromatic N) is 2. The summed E-state index contributed by atoms with van der Waals surface area (Å²) in [6, 6.07) is 8.49. The lowest BCUT2D eigenvalue weighted by atomic mass is 10.1. The predicted molar refractivity (Wildman–Crippen MR) is 76.1 cm³/mol. The molecular formula is C14H20N4O. The minimum Gasteiger partial charge on any atom is -0.385 e. The van der Waals surface area contributed by atoms with E-state index in [0.29, 0.717) is 6.04 Å². The number of aromatic amines is 1. The Morgan fingerprint density at radius 1 is 1.42 bits per heavy atom. The topological polar surface area (TPSA) is 62.8 Å². The monoisotopic (exact) mass is 260 g/mol. The third kappa shape index (κ3) is 3.79. The van der Waals surface area contributed by atoms with Gasteiger partial charge in [0, 0.05) is 31.0 Å². The quantitative estimate of drug-likeness (QED) is 0.838. The van der Waals surface area contributed by atoms with E-state index in [1.54, 1.807) is 7.11 Å². The lowest BCUT2D eigenvalue weighted by Gasteiger charge is -2.15. The van der Waals surface area contributed by atoms with Crippen molar-refractivity contribution in [1.82, 2.24) is 15.2 Å². The molecule has 1 aromatic carbocycles. The van der Waals surface area contributed by atoms with E-state index in [0.717, 1.165) is 35.9 Å². The van der Waals surface area contributed by atoms with Crippen LogP contribution in [-0.4, -0.2) is 34.9 Å². The number of hydrogen-bond acceptors (Lipinski definition) is 4. The molecule has 0 bridgehead atoms. The Kier molecular flexibility index (Phi) is 4.52. The molecule has 1 unspecified atom stereocenters. The molecule has 1 heterocycles. The highest BCUT2D eigenvalue weighted by atomic mass is 16.5. The first-order chi connectivity index (χ1) is 9.19. The van der Waals surface area contributed by atoms with Gasteiger partial charge in [-0.2, -0.15) is 5.10 Å². The number of nitrogens with one attached hydrogen (secondary N) is 2. The number of hydrogen-bond donors (Lipinski definition) is 2. The van der Waals surface area contributed by atoms with E-state index in [1.807, 2.05) is 25.1 Å². The second-order valence-corrected chi connectivity index (χ2v) is 4.65. The van der Waals surface area contributed by atoms with Gasteiger partial charge in [0.15, 0.2) is 5.82 Å². The average Bonchev–Trinajstić information content (AvgIpc) is 2.83. The molecule has 0 aliphatic carbocycles. The Morgan fingerprint density at radius 3 is 2.95 bits per heavy atom. The van der Waals surface area contributed by atoms with Crippen molar-refractivity contribution in [2.24, 2.45) is 0 Å². The summed E-state index contributed by atoms with van der Waals surface area (Å²) in [4.78, 5) is 4.34. The fraction of sp³-hybridized carbons (Fsp3) is 0.429. The summed E-state index contributed by atoms with van der Waals surface area (Å²) in [5.74, 6) is 1.55. The van der Waals surface area contributed by atoms with Crippen LogP contribution in [0.3, 0.4) is 0 Å². The van der Waals surface area contributed by atoms with Gasteiger partial charge in [0.25, 0.3) is 0 Å². The summed E-state index contributed by atoms with van der Waals surface area (Å²) < 4.78 is 5.08. The number of ether oxygens (including phenoxy) is 1. The molecular weight excluding hydrogens is 240 g/mol. The second-order valence-electron chi connectivity index (χ2n) is 4.65. The van der Waals surface area contributed by atoms with Crippen LogP contribution in [0.5, 0.6) is 0 Å². The van der Waals surface area contributed by atoms with Gasteiger partial charge in [0.2, 0.25) is 0 Å². The molecule has 1 aromatic heterocycles. The third-order valence-corrected chi connectivity index (χ3v) is 2.89. The van der Waals surface area contributed by atoms with Crippen LogP contribution in [0.4, 0.5) is 5.69 Å². The van der Waals surface area contributed by atoms with Crippen LogP contribution in [0.15, 0.2) is 24.3 Å². The molecule has 19 heavy (non-hydrogen) atoms. The molecule has 2 aromatic rings. The zero-order valence-corrected chi connectivity index (χ0v) is 11.6. The van der Waals surface area contributed by atoms with E-state index in [2.05, 4.69) is 33.5 Å². The molecule has 0 aliphatic rings. The Hall–Kier alpha value is -1.88. The van der Waals surface area contributed by atoms with Crippen LogP contribution in [-0.2, 0) is 4.74 Å². The number of aromatic nitrogens is 3. The second kappa shape index (κ2) is 6.33. The third-order valence-electron chi connectivity index (χ3n) is 2.89. The van der Waals surface area contributed by atoms with E-state index in [1.165, 1.54) is 0 Å². The summed E-state index contributed by atoms with van der Waals surface area (Å²) >= 11 is 0. The van der Waals surface area contributed by atoms with Gasteiger partial charge in [-0.3, -0.25) is 5.10 Å². The Balaban J connectivity index is 2.07.